The lowest BCUT2D eigenvalue weighted by molar-refractivity contribution is -0.385. The van der Waals surface area contributed by atoms with Crippen LogP contribution in [0.4, 0.5) is 5.69 Å². The highest BCUT2D eigenvalue weighted by Gasteiger charge is 2.19. The molecule has 0 aliphatic rings. The van der Waals surface area contributed by atoms with Crippen LogP contribution < -0.4 is 0 Å². The Morgan fingerprint density at radius 1 is 1.29 bits per heavy atom. The molecule has 0 bridgehead atoms. The Kier molecular flexibility index (Phi) is 4.64. The van der Waals surface area contributed by atoms with Gasteiger partial charge in [0, 0.05) is 25.9 Å². The Bertz CT molecular complexity index is 716. The van der Waals surface area contributed by atoms with E-state index in [1.165, 1.54) is 17.8 Å². The molecular formula is C14H10BrNO4S. The summed E-state index contributed by atoms with van der Waals surface area (Å²) in [6, 6.07) is 9.96. The van der Waals surface area contributed by atoms with E-state index in [9.17, 15) is 14.9 Å². The number of hydrogen-bond donors (Lipinski definition) is 1. The lowest BCUT2D eigenvalue weighted by Crippen LogP contribution is -2.01. The van der Waals surface area contributed by atoms with Crippen LogP contribution in [-0.2, 0) is 0 Å². The molecule has 0 aliphatic carbocycles. The summed E-state index contributed by atoms with van der Waals surface area (Å²) in [6.07, 6.45) is 0. The first-order valence-electron chi connectivity index (χ1n) is 5.84. The molecular weight excluding hydrogens is 358 g/mol. The first-order valence-corrected chi connectivity index (χ1v) is 7.45. The normalized spacial score (nSPS) is 10.4. The number of carboxylic acids is 1. The number of aromatic carboxylic acids is 1. The molecule has 7 heteroatoms. The number of rotatable bonds is 4. The number of halogens is 1. The van der Waals surface area contributed by atoms with Crippen LogP contribution in [0.15, 0.2) is 50.7 Å². The molecule has 21 heavy (non-hydrogen) atoms. The third-order valence-corrected chi connectivity index (χ3v) is 4.50. The second-order valence-electron chi connectivity index (χ2n) is 4.24. The number of nitro groups is 1. The molecule has 0 heterocycles. The monoisotopic (exact) mass is 367 g/mol. The largest absolute Gasteiger partial charge is 0.478 e. The van der Waals surface area contributed by atoms with Gasteiger partial charge in [0.05, 0.1) is 10.5 Å². The minimum Gasteiger partial charge on any atom is -0.478 e. The van der Waals surface area contributed by atoms with Crippen LogP contribution in [0.3, 0.4) is 0 Å². The molecule has 0 atom stereocenters. The van der Waals surface area contributed by atoms with Crippen molar-refractivity contribution in [3.8, 4) is 0 Å². The van der Waals surface area contributed by atoms with Crippen molar-refractivity contribution in [3.05, 3.63) is 62.1 Å². The molecule has 0 radical (unpaired) electrons. The second kappa shape index (κ2) is 6.28. The fraction of sp³-hybridized carbons (Fsp3) is 0.0714. The topological polar surface area (TPSA) is 80.4 Å². The lowest BCUT2D eigenvalue weighted by Gasteiger charge is -2.08. The van der Waals surface area contributed by atoms with E-state index >= 15 is 0 Å². The maximum absolute atomic E-state index is 11.1. The van der Waals surface area contributed by atoms with E-state index in [1.54, 1.807) is 6.92 Å². The van der Waals surface area contributed by atoms with Gasteiger partial charge in [-0.05, 0) is 37.3 Å². The molecule has 2 aromatic carbocycles. The van der Waals surface area contributed by atoms with Gasteiger partial charge < -0.3 is 5.11 Å². The number of carboxylic acid groups (broad SMARTS) is 1. The highest BCUT2D eigenvalue weighted by atomic mass is 79.9. The molecule has 0 aliphatic heterocycles. The Labute approximate surface area is 133 Å². The van der Waals surface area contributed by atoms with E-state index < -0.39 is 10.9 Å². The first kappa shape index (κ1) is 15.5. The quantitative estimate of drug-likeness (QED) is 0.634. The number of nitrogens with zero attached hydrogens (tertiary/aromatic N) is 1. The van der Waals surface area contributed by atoms with Gasteiger partial charge in [0.25, 0.3) is 5.69 Å². The minimum atomic E-state index is -1.18. The van der Waals surface area contributed by atoms with E-state index in [2.05, 4.69) is 15.9 Å². The molecule has 2 aromatic rings. The summed E-state index contributed by atoms with van der Waals surface area (Å²) in [5.74, 6) is -1.18. The Balaban J connectivity index is 2.48. The smallest absolute Gasteiger partial charge is 0.335 e. The molecule has 108 valence electrons. The Morgan fingerprint density at radius 2 is 1.90 bits per heavy atom. The second-order valence-corrected chi connectivity index (χ2v) is 6.27. The van der Waals surface area contributed by atoms with Crippen molar-refractivity contribution in [2.45, 2.75) is 16.7 Å². The SMILES string of the molecule is Cc1c(Sc2ccc(Br)cc2)cc(C(=O)O)cc1[N+](=O)[O-]. The van der Waals surface area contributed by atoms with Crippen molar-refractivity contribution in [3.63, 3.8) is 0 Å². The van der Waals surface area contributed by atoms with Crippen LogP contribution >= 0.6 is 27.7 Å². The zero-order chi connectivity index (χ0) is 15.6. The average Bonchev–Trinajstić information content (AvgIpc) is 2.42. The summed E-state index contributed by atoms with van der Waals surface area (Å²) in [4.78, 5) is 23.0. The van der Waals surface area contributed by atoms with Crippen LogP contribution in [0, 0.1) is 17.0 Å². The van der Waals surface area contributed by atoms with Gasteiger partial charge in [0.1, 0.15) is 0 Å². The molecule has 0 aromatic heterocycles. The molecule has 0 fully saturated rings. The summed E-state index contributed by atoms with van der Waals surface area (Å²) in [5.41, 5.74) is 0.180. The van der Waals surface area contributed by atoms with Crippen LogP contribution in [0.5, 0.6) is 0 Å². The predicted molar refractivity (Wildman–Crippen MR) is 83.1 cm³/mol. The minimum absolute atomic E-state index is 0.0908. The lowest BCUT2D eigenvalue weighted by atomic mass is 10.1. The first-order chi connectivity index (χ1) is 9.88. The summed E-state index contributed by atoms with van der Waals surface area (Å²) in [7, 11) is 0. The van der Waals surface area contributed by atoms with Crippen molar-refractivity contribution < 1.29 is 14.8 Å². The average molecular weight is 368 g/mol. The van der Waals surface area contributed by atoms with Gasteiger partial charge in [0.15, 0.2) is 0 Å². The summed E-state index contributed by atoms with van der Waals surface area (Å²) >= 11 is 4.63. The van der Waals surface area contributed by atoms with Crippen molar-refractivity contribution >= 4 is 39.3 Å². The van der Waals surface area contributed by atoms with E-state index in [4.69, 9.17) is 5.11 Å². The number of benzene rings is 2. The molecule has 0 saturated heterocycles. The van der Waals surface area contributed by atoms with E-state index in [-0.39, 0.29) is 11.3 Å². The van der Waals surface area contributed by atoms with Gasteiger partial charge in [-0.3, -0.25) is 10.1 Å². The van der Waals surface area contributed by atoms with Gasteiger partial charge in [-0.1, -0.05) is 27.7 Å². The Hall–Kier alpha value is -1.86. The van der Waals surface area contributed by atoms with Crippen molar-refractivity contribution in [1.82, 2.24) is 0 Å². The summed E-state index contributed by atoms with van der Waals surface area (Å²) in [5, 5.41) is 20.1. The van der Waals surface area contributed by atoms with Crippen molar-refractivity contribution in [2.75, 3.05) is 0 Å². The summed E-state index contributed by atoms with van der Waals surface area (Å²) < 4.78 is 0.925. The van der Waals surface area contributed by atoms with Crippen LogP contribution in [0.25, 0.3) is 0 Å². The third kappa shape index (κ3) is 3.62. The van der Waals surface area contributed by atoms with E-state index in [0.29, 0.717) is 10.5 Å². The zero-order valence-corrected chi connectivity index (χ0v) is 13.3. The number of hydrogen-bond acceptors (Lipinski definition) is 4. The van der Waals surface area contributed by atoms with Crippen LogP contribution in [0.2, 0.25) is 0 Å². The highest BCUT2D eigenvalue weighted by molar-refractivity contribution is 9.10. The van der Waals surface area contributed by atoms with Crippen molar-refractivity contribution in [1.29, 1.82) is 0 Å². The molecule has 0 amide bonds. The fourth-order valence-electron chi connectivity index (χ4n) is 1.72. The summed E-state index contributed by atoms with van der Waals surface area (Å²) in [6.45, 7) is 1.62. The standard InChI is InChI=1S/C14H10BrNO4S/c1-8-12(16(19)20)6-9(14(17)18)7-13(8)21-11-4-2-10(15)3-5-11/h2-7H,1H3,(H,17,18). The third-order valence-electron chi connectivity index (χ3n) is 2.82. The van der Waals surface area contributed by atoms with Crippen LogP contribution in [-0.4, -0.2) is 16.0 Å². The maximum Gasteiger partial charge on any atom is 0.335 e. The molecule has 0 spiro atoms. The van der Waals surface area contributed by atoms with Gasteiger partial charge >= 0.3 is 5.97 Å². The molecule has 1 N–H and O–H groups in total. The molecule has 2 rings (SSSR count). The van der Waals surface area contributed by atoms with Gasteiger partial charge in [-0.2, -0.15) is 0 Å². The molecule has 0 unspecified atom stereocenters. The zero-order valence-electron chi connectivity index (χ0n) is 10.9. The molecule has 0 saturated carbocycles. The van der Waals surface area contributed by atoms with Crippen molar-refractivity contribution in [2.24, 2.45) is 0 Å². The fourth-order valence-corrected chi connectivity index (χ4v) is 2.96. The van der Waals surface area contributed by atoms with Gasteiger partial charge in [-0.15, -0.1) is 0 Å². The maximum atomic E-state index is 11.1. The van der Waals surface area contributed by atoms with E-state index in [0.717, 1.165) is 15.4 Å². The predicted octanol–water partition coefficient (Wildman–Crippen LogP) is 4.52. The van der Waals surface area contributed by atoms with Crippen LogP contribution in [0.1, 0.15) is 15.9 Å². The Morgan fingerprint density at radius 3 is 2.43 bits per heavy atom. The number of nitro benzene ring substituents is 1. The molecule has 5 nitrogen and oxygen atoms in total. The van der Waals surface area contributed by atoms with E-state index in [1.807, 2.05) is 24.3 Å². The number of carbonyl (C=O) groups is 1. The van der Waals surface area contributed by atoms with Gasteiger partial charge in [0.2, 0.25) is 0 Å². The van der Waals surface area contributed by atoms with Gasteiger partial charge in [-0.25, -0.2) is 4.79 Å². The highest BCUT2D eigenvalue weighted by Crippen LogP contribution is 2.36.